The first-order valence-electron chi connectivity index (χ1n) is 10.4. The van der Waals surface area contributed by atoms with Gasteiger partial charge in [-0.2, -0.15) is 13.2 Å². The van der Waals surface area contributed by atoms with Crippen LogP contribution in [0.5, 0.6) is 0 Å². The zero-order valence-electron chi connectivity index (χ0n) is 16.1. The van der Waals surface area contributed by atoms with Crippen LogP contribution in [-0.4, -0.2) is 29.9 Å². The summed E-state index contributed by atoms with van der Waals surface area (Å²) in [6.45, 7) is 1.54. The van der Waals surface area contributed by atoms with Crippen LogP contribution >= 0.6 is 0 Å². The van der Waals surface area contributed by atoms with Crippen LogP contribution in [0.15, 0.2) is 53.1 Å². The number of aliphatic imine (C=N–C) groups is 1. The second-order valence-corrected chi connectivity index (χ2v) is 7.97. The van der Waals surface area contributed by atoms with Crippen LogP contribution in [0.3, 0.4) is 0 Å². The fourth-order valence-corrected chi connectivity index (χ4v) is 4.74. The van der Waals surface area contributed by atoms with E-state index in [-0.39, 0.29) is 6.04 Å². The number of hydrogen-bond acceptors (Lipinski definition) is 2. The molecule has 0 saturated carbocycles. The lowest BCUT2D eigenvalue weighted by Gasteiger charge is -2.39. The van der Waals surface area contributed by atoms with Crippen molar-refractivity contribution in [2.45, 2.75) is 57.2 Å². The van der Waals surface area contributed by atoms with E-state index in [0.29, 0.717) is 12.5 Å². The molecule has 0 fully saturated rings. The molecule has 2 atom stereocenters. The molecule has 150 valence electrons. The molecular weight excluding hydrogens is 361 g/mol. The van der Waals surface area contributed by atoms with Crippen LogP contribution < -0.4 is 0 Å². The quantitative estimate of drug-likeness (QED) is 0.578. The average Bonchev–Trinajstić information content (AvgIpc) is 3.19. The van der Waals surface area contributed by atoms with Crippen molar-refractivity contribution in [1.82, 2.24) is 4.90 Å². The van der Waals surface area contributed by atoms with E-state index in [1.165, 1.54) is 37.0 Å². The largest absolute Gasteiger partial charge is 0.416 e. The molecule has 2 aliphatic carbocycles. The SMILES string of the molecule is FC(F)(F)c1ccc(C2=NCCN2C(C2=CCCCC2)C2C=CCCC2)cc1. The maximum Gasteiger partial charge on any atom is 0.416 e. The van der Waals surface area contributed by atoms with Crippen molar-refractivity contribution < 1.29 is 13.2 Å². The van der Waals surface area contributed by atoms with Crippen LogP contribution in [0.1, 0.15) is 56.1 Å². The van der Waals surface area contributed by atoms with Crippen molar-refractivity contribution in [2.24, 2.45) is 10.9 Å². The number of benzene rings is 1. The number of halogens is 3. The molecule has 2 unspecified atom stereocenters. The number of amidine groups is 1. The van der Waals surface area contributed by atoms with E-state index in [4.69, 9.17) is 4.99 Å². The van der Waals surface area contributed by atoms with Crippen molar-refractivity contribution in [1.29, 1.82) is 0 Å². The highest BCUT2D eigenvalue weighted by atomic mass is 19.4. The Balaban J connectivity index is 1.64. The Bertz CT molecular complexity index is 774. The highest BCUT2D eigenvalue weighted by molar-refractivity contribution is 6.00. The Morgan fingerprint density at radius 3 is 2.50 bits per heavy atom. The molecule has 0 aromatic heterocycles. The van der Waals surface area contributed by atoms with Gasteiger partial charge in [-0.05, 0) is 57.1 Å². The molecule has 0 saturated heterocycles. The monoisotopic (exact) mass is 388 g/mol. The molecule has 1 heterocycles. The van der Waals surface area contributed by atoms with Gasteiger partial charge in [0.25, 0.3) is 0 Å². The summed E-state index contributed by atoms with van der Waals surface area (Å²) in [6.07, 6.45) is 11.0. The number of allylic oxidation sites excluding steroid dienone is 2. The van der Waals surface area contributed by atoms with Gasteiger partial charge in [0.2, 0.25) is 0 Å². The summed E-state index contributed by atoms with van der Waals surface area (Å²) >= 11 is 0. The fraction of sp³-hybridized carbons (Fsp3) is 0.522. The standard InChI is InChI=1S/C23H27F3N2/c24-23(25,26)20-13-11-19(12-14-20)22-27-15-16-28(22)21(17-7-3-1-4-8-17)18-9-5-2-6-10-18/h3,7,9,11-14,17,21H,1-2,4-6,8,10,15-16H2. The summed E-state index contributed by atoms with van der Waals surface area (Å²) in [6, 6.07) is 5.76. The molecule has 0 amide bonds. The zero-order chi connectivity index (χ0) is 19.6. The van der Waals surface area contributed by atoms with Gasteiger partial charge in [-0.1, -0.05) is 35.9 Å². The average molecular weight is 388 g/mol. The Hall–Kier alpha value is -2.04. The molecule has 28 heavy (non-hydrogen) atoms. The third kappa shape index (κ3) is 4.03. The first-order valence-corrected chi connectivity index (χ1v) is 10.4. The third-order valence-corrected chi connectivity index (χ3v) is 6.08. The van der Waals surface area contributed by atoms with E-state index in [1.807, 2.05) is 0 Å². The lowest BCUT2D eigenvalue weighted by Crippen LogP contribution is -2.44. The first kappa shape index (κ1) is 19.3. The predicted octanol–water partition coefficient (Wildman–Crippen LogP) is 5.99. The summed E-state index contributed by atoms with van der Waals surface area (Å²) in [5, 5.41) is 0. The van der Waals surface area contributed by atoms with E-state index in [9.17, 15) is 13.2 Å². The van der Waals surface area contributed by atoms with E-state index in [1.54, 1.807) is 12.1 Å². The second-order valence-electron chi connectivity index (χ2n) is 7.97. The van der Waals surface area contributed by atoms with E-state index >= 15 is 0 Å². The number of nitrogens with zero attached hydrogens (tertiary/aromatic N) is 2. The molecule has 1 aliphatic heterocycles. The van der Waals surface area contributed by atoms with Crippen molar-refractivity contribution in [3.63, 3.8) is 0 Å². The molecule has 4 rings (SSSR count). The minimum Gasteiger partial charge on any atom is -0.347 e. The Morgan fingerprint density at radius 2 is 1.86 bits per heavy atom. The molecule has 1 aromatic carbocycles. The Kier molecular flexibility index (Phi) is 5.61. The van der Waals surface area contributed by atoms with Gasteiger partial charge in [0.15, 0.2) is 0 Å². The summed E-state index contributed by atoms with van der Waals surface area (Å²) in [5.74, 6) is 1.31. The molecule has 2 nitrogen and oxygen atoms in total. The number of rotatable bonds is 4. The van der Waals surface area contributed by atoms with Gasteiger partial charge in [0.05, 0.1) is 18.2 Å². The maximum absolute atomic E-state index is 12.9. The van der Waals surface area contributed by atoms with Gasteiger partial charge in [-0.3, -0.25) is 4.99 Å². The van der Waals surface area contributed by atoms with Crippen LogP contribution in [0.2, 0.25) is 0 Å². The zero-order valence-corrected chi connectivity index (χ0v) is 16.1. The smallest absolute Gasteiger partial charge is 0.347 e. The Morgan fingerprint density at radius 1 is 1.04 bits per heavy atom. The first-order chi connectivity index (χ1) is 13.5. The minimum absolute atomic E-state index is 0.278. The minimum atomic E-state index is -4.31. The maximum atomic E-state index is 12.9. The molecule has 0 N–H and O–H groups in total. The van der Waals surface area contributed by atoms with Crippen molar-refractivity contribution >= 4 is 5.84 Å². The van der Waals surface area contributed by atoms with Gasteiger partial charge in [-0.25, -0.2) is 0 Å². The summed E-state index contributed by atoms with van der Waals surface area (Å²) in [5.41, 5.74) is 1.67. The van der Waals surface area contributed by atoms with Crippen molar-refractivity contribution in [3.05, 3.63) is 59.2 Å². The lowest BCUT2D eigenvalue weighted by atomic mass is 9.80. The molecular formula is C23H27F3N2. The van der Waals surface area contributed by atoms with Crippen LogP contribution in [0.4, 0.5) is 13.2 Å². The summed E-state index contributed by atoms with van der Waals surface area (Å²) < 4.78 is 38.8. The lowest BCUT2D eigenvalue weighted by molar-refractivity contribution is -0.137. The third-order valence-electron chi connectivity index (χ3n) is 6.08. The highest BCUT2D eigenvalue weighted by Gasteiger charge is 2.35. The molecule has 0 radical (unpaired) electrons. The van der Waals surface area contributed by atoms with Crippen molar-refractivity contribution in [3.8, 4) is 0 Å². The molecule has 0 bridgehead atoms. The van der Waals surface area contributed by atoms with Crippen LogP contribution in [-0.2, 0) is 6.18 Å². The van der Waals surface area contributed by atoms with Crippen molar-refractivity contribution in [2.75, 3.05) is 13.1 Å². The summed E-state index contributed by atoms with van der Waals surface area (Å²) in [4.78, 5) is 7.06. The van der Waals surface area contributed by atoms with E-state index < -0.39 is 11.7 Å². The van der Waals surface area contributed by atoms with Gasteiger partial charge in [0, 0.05) is 18.0 Å². The fourth-order valence-electron chi connectivity index (χ4n) is 4.74. The van der Waals surface area contributed by atoms with E-state index in [2.05, 4.69) is 23.1 Å². The van der Waals surface area contributed by atoms with Crippen LogP contribution in [0.25, 0.3) is 0 Å². The second kappa shape index (κ2) is 8.14. The number of alkyl halides is 3. The van der Waals surface area contributed by atoms with Gasteiger partial charge in [-0.15, -0.1) is 0 Å². The molecule has 1 aromatic rings. The predicted molar refractivity (Wildman–Crippen MR) is 106 cm³/mol. The molecule has 3 aliphatic rings. The van der Waals surface area contributed by atoms with Gasteiger partial charge >= 0.3 is 6.18 Å². The van der Waals surface area contributed by atoms with Gasteiger partial charge < -0.3 is 4.90 Å². The number of hydrogen-bond donors (Lipinski definition) is 0. The van der Waals surface area contributed by atoms with E-state index in [0.717, 1.165) is 43.6 Å². The topological polar surface area (TPSA) is 15.6 Å². The normalized spacial score (nSPS) is 24.1. The molecule has 5 heteroatoms. The van der Waals surface area contributed by atoms with Gasteiger partial charge in [0.1, 0.15) is 5.84 Å². The van der Waals surface area contributed by atoms with Crippen LogP contribution in [0, 0.1) is 5.92 Å². The Labute approximate surface area is 164 Å². The summed E-state index contributed by atoms with van der Waals surface area (Å²) in [7, 11) is 0. The highest BCUT2D eigenvalue weighted by Crippen LogP contribution is 2.35. The molecule has 0 spiro atoms.